The zero-order valence-corrected chi connectivity index (χ0v) is 18.0. The molecule has 2 atom stereocenters. The van der Waals surface area contributed by atoms with E-state index in [-0.39, 0.29) is 17.0 Å². The number of hydrogen-bond donors (Lipinski definition) is 1. The maximum Gasteiger partial charge on any atom is 0.356 e. The van der Waals surface area contributed by atoms with Crippen molar-refractivity contribution in [1.29, 1.82) is 0 Å². The summed E-state index contributed by atoms with van der Waals surface area (Å²) < 4.78 is 11.2. The van der Waals surface area contributed by atoms with E-state index in [9.17, 15) is 9.59 Å². The Hall–Kier alpha value is -2.26. The molecule has 156 valence electrons. The van der Waals surface area contributed by atoms with Crippen LogP contribution in [-0.4, -0.2) is 47.0 Å². The van der Waals surface area contributed by atoms with Gasteiger partial charge in [0, 0.05) is 17.8 Å². The highest BCUT2D eigenvalue weighted by Gasteiger charge is 2.52. The van der Waals surface area contributed by atoms with E-state index in [2.05, 4.69) is 0 Å². The average molecular weight is 443 g/mol. The largest absolute Gasteiger partial charge is 0.448 e. The minimum atomic E-state index is -0.592. The molecule has 30 heavy (non-hydrogen) atoms. The highest BCUT2D eigenvalue weighted by molar-refractivity contribution is 8.06. The van der Waals surface area contributed by atoms with Crippen molar-refractivity contribution in [2.75, 3.05) is 18.8 Å². The van der Waals surface area contributed by atoms with Crippen LogP contribution in [0.25, 0.3) is 0 Å². The Kier molecular flexibility index (Phi) is 6.48. The van der Waals surface area contributed by atoms with Gasteiger partial charge in [-0.1, -0.05) is 72.4 Å². The Morgan fingerprint density at radius 3 is 2.33 bits per heavy atom. The first-order valence-electron chi connectivity index (χ1n) is 9.48. The first-order valence-corrected chi connectivity index (χ1v) is 11.5. The molecule has 0 aliphatic carbocycles. The second-order valence-electron chi connectivity index (χ2n) is 6.86. The summed E-state index contributed by atoms with van der Waals surface area (Å²) in [6.45, 7) is 0. The number of β-lactam (4-membered cyclic amide) rings is 1. The van der Waals surface area contributed by atoms with Crippen LogP contribution in [0.4, 0.5) is 0 Å². The standard InChI is InChI=1S/C22H22N2O4S2/c1-27-13-30-16-12-29-21-17(23)20(25)24(21)18(16)22(26)28-19(14-8-4-2-5-9-14)15-10-6-3-7-11-15/h2-11,17,19,21H,12-13,23H2,1H3/t17-,21-/m1/s1. The molecule has 0 unspecified atom stereocenters. The van der Waals surface area contributed by atoms with E-state index in [1.807, 2.05) is 60.7 Å². The molecule has 1 saturated heterocycles. The van der Waals surface area contributed by atoms with Gasteiger partial charge in [-0.15, -0.1) is 11.8 Å². The molecule has 2 aliphatic heterocycles. The Balaban J connectivity index is 1.67. The lowest BCUT2D eigenvalue weighted by atomic mass is 10.0. The number of amides is 1. The van der Waals surface area contributed by atoms with E-state index in [1.165, 1.54) is 16.7 Å². The van der Waals surface area contributed by atoms with Crippen LogP contribution in [-0.2, 0) is 19.1 Å². The van der Waals surface area contributed by atoms with Gasteiger partial charge in [0.1, 0.15) is 17.1 Å². The molecule has 0 spiro atoms. The number of nitrogens with two attached hydrogens (primary N) is 1. The summed E-state index contributed by atoms with van der Waals surface area (Å²) in [7, 11) is 1.59. The van der Waals surface area contributed by atoms with Gasteiger partial charge in [0.25, 0.3) is 0 Å². The molecule has 8 heteroatoms. The topological polar surface area (TPSA) is 81.9 Å². The summed E-state index contributed by atoms with van der Waals surface area (Å²) in [5.74, 6) is 0.177. The van der Waals surface area contributed by atoms with Crippen LogP contribution in [0.2, 0.25) is 0 Å². The third-order valence-electron chi connectivity index (χ3n) is 4.95. The van der Waals surface area contributed by atoms with Crippen LogP contribution in [0.3, 0.4) is 0 Å². The van der Waals surface area contributed by atoms with Crippen molar-refractivity contribution in [2.24, 2.45) is 5.73 Å². The van der Waals surface area contributed by atoms with Crippen LogP contribution in [0.1, 0.15) is 17.2 Å². The van der Waals surface area contributed by atoms with E-state index >= 15 is 0 Å². The third-order valence-corrected chi connectivity index (χ3v) is 7.47. The third kappa shape index (κ3) is 4.00. The number of fused-ring (bicyclic) bond motifs is 1. The van der Waals surface area contributed by atoms with Crippen molar-refractivity contribution in [2.45, 2.75) is 17.5 Å². The van der Waals surface area contributed by atoms with E-state index in [0.717, 1.165) is 16.0 Å². The first kappa shape index (κ1) is 21.0. The maximum atomic E-state index is 13.4. The number of thioether (sulfide) groups is 2. The molecule has 2 aliphatic rings. The van der Waals surface area contributed by atoms with Gasteiger partial charge in [-0.25, -0.2) is 4.79 Å². The summed E-state index contributed by atoms with van der Waals surface area (Å²) in [6, 6.07) is 18.5. The number of hydrogen-bond acceptors (Lipinski definition) is 7. The van der Waals surface area contributed by atoms with Gasteiger partial charge in [0.2, 0.25) is 5.91 Å². The summed E-state index contributed by atoms with van der Waals surface area (Å²) in [6.07, 6.45) is -0.584. The number of methoxy groups -OCH3 is 1. The summed E-state index contributed by atoms with van der Waals surface area (Å²) in [5.41, 5.74) is 7.95. The summed E-state index contributed by atoms with van der Waals surface area (Å²) in [5, 5.41) is -0.237. The number of nitrogens with zero attached hydrogens (tertiary/aromatic N) is 1. The van der Waals surface area contributed by atoms with E-state index < -0.39 is 18.1 Å². The Bertz CT molecular complexity index is 913. The van der Waals surface area contributed by atoms with Crippen LogP contribution in [0.15, 0.2) is 71.3 Å². The van der Waals surface area contributed by atoms with Gasteiger partial charge in [-0.2, -0.15) is 0 Å². The molecule has 0 radical (unpaired) electrons. The van der Waals surface area contributed by atoms with Crippen molar-refractivity contribution in [3.05, 3.63) is 82.4 Å². The second-order valence-corrected chi connectivity index (χ2v) is 8.99. The molecular weight excluding hydrogens is 420 g/mol. The molecule has 2 aromatic rings. The lowest BCUT2D eigenvalue weighted by Gasteiger charge is -2.48. The highest BCUT2D eigenvalue weighted by Crippen LogP contribution is 2.43. The van der Waals surface area contributed by atoms with Gasteiger partial charge < -0.3 is 15.2 Å². The number of esters is 1. The van der Waals surface area contributed by atoms with Gasteiger partial charge in [0.05, 0.1) is 5.94 Å². The Morgan fingerprint density at radius 2 is 1.77 bits per heavy atom. The Morgan fingerprint density at radius 1 is 1.17 bits per heavy atom. The molecule has 0 aromatic heterocycles. The molecule has 1 fully saturated rings. The number of rotatable bonds is 7. The van der Waals surface area contributed by atoms with Crippen molar-refractivity contribution in [1.82, 2.24) is 4.90 Å². The molecule has 2 aromatic carbocycles. The minimum Gasteiger partial charge on any atom is -0.448 e. The molecule has 2 heterocycles. The highest BCUT2D eigenvalue weighted by atomic mass is 32.2. The Labute approximate surface area is 183 Å². The number of carbonyl (C=O) groups is 2. The number of carbonyl (C=O) groups excluding carboxylic acids is 2. The molecular formula is C22H22N2O4S2. The second kappa shape index (κ2) is 9.26. The van der Waals surface area contributed by atoms with Crippen molar-refractivity contribution >= 4 is 35.4 Å². The zero-order chi connectivity index (χ0) is 21.1. The number of ether oxygens (including phenoxy) is 2. The quantitative estimate of drug-likeness (QED) is 0.401. The molecule has 4 rings (SSSR count). The first-order chi connectivity index (χ1) is 14.6. The predicted molar refractivity (Wildman–Crippen MR) is 118 cm³/mol. The van der Waals surface area contributed by atoms with Crippen LogP contribution in [0, 0.1) is 0 Å². The van der Waals surface area contributed by atoms with Crippen LogP contribution >= 0.6 is 23.5 Å². The van der Waals surface area contributed by atoms with E-state index in [1.54, 1.807) is 18.9 Å². The molecule has 1 amide bonds. The fourth-order valence-electron chi connectivity index (χ4n) is 3.47. The molecule has 0 bridgehead atoms. The van der Waals surface area contributed by atoms with Crippen molar-refractivity contribution in [3.63, 3.8) is 0 Å². The van der Waals surface area contributed by atoms with Crippen LogP contribution < -0.4 is 5.73 Å². The lowest BCUT2D eigenvalue weighted by Crippen LogP contribution is -2.68. The fourth-order valence-corrected chi connectivity index (χ4v) is 5.72. The molecule has 2 N–H and O–H groups in total. The molecule has 0 saturated carbocycles. The zero-order valence-electron chi connectivity index (χ0n) is 16.4. The van der Waals surface area contributed by atoms with Gasteiger partial charge in [-0.05, 0) is 11.1 Å². The van der Waals surface area contributed by atoms with Gasteiger partial charge >= 0.3 is 5.97 Å². The van der Waals surface area contributed by atoms with E-state index in [4.69, 9.17) is 15.2 Å². The minimum absolute atomic E-state index is 0.237. The summed E-state index contributed by atoms with van der Waals surface area (Å²) >= 11 is 2.95. The number of benzene rings is 2. The normalized spacial score (nSPS) is 20.8. The molecule has 6 nitrogen and oxygen atoms in total. The summed E-state index contributed by atoms with van der Waals surface area (Å²) in [4.78, 5) is 28.1. The SMILES string of the molecule is COCSC1=C(C(=O)OC(c2ccccc2)c2ccccc2)N2C(=O)[C@@H](N)[C@H]2SC1. The van der Waals surface area contributed by atoms with Crippen molar-refractivity contribution < 1.29 is 19.1 Å². The van der Waals surface area contributed by atoms with E-state index in [0.29, 0.717) is 11.7 Å². The smallest absolute Gasteiger partial charge is 0.356 e. The van der Waals surface area contributed by atoms with Crippen molar-refractivity contribution in [3.8, 4) is 0 Å². The predicted octanol–water partition coefficient (Wildman–Crippen LogP) is 3.11. The van der Waals surface area contributed by atoms with Gasteiger partial charge in [-0.3, -0.25) is 9.69 Å². The average Bonchev–Trinajstić information content (AvgIpc) is 2.81. The van der Waals surface area contributed by atoms with Crippen LogP contribution in [0.5, 0.6) is 0 Å². The fraction of sp³-hybridized carbons (Fsp3) is 0.273. The van der Waals surface area contributed by atoms with Gasteiger partial charge in [0.15, 0.2) is 6.10 Å². The maximum absolute atomic E-state index is 13.4. The monoisotopic (exact) mass is 442 g/mol. The lowest BCUT2D eigenvalue weighted by molar-refractivity contribution is -0.152.